The van der Waals surface area contributed by atoms with Crippen molar-refractivity contribution >= 4 is 11.6 Å². The number of carbonyl (C=O) groups is 1. The van der Waals surface area contributed by atoms with Crippen LogP contribution in [0.2, 0.25) is 0 Å². The molecule has 1 aromatic heterocycles. The Morgan fingerprint density at radius 1 is 1.00 bits per heavy atom. The summed E-state index contributed by atoms with van der Waals surface area (Å²) in [5.74, 6) is -3.41. The van der Waals surface area contributed by atoms with Crippen LogP contribution in [0, 0.1) is 17.5 Å². The number of hydrogen-bond donors (Lipinski definition) is 1. The predicted octanol–water partition coefficient (Wildman–Crippen LogP) is 5.18. The van der Waals surface area contributed by atoms with Gasteiger partial charge in [-0.2, -0.15) is 4.68 Å². The van der Waals surface area contributed by atoms with E-state index in [0.29, 0.717) is 18.8 Å². The van der Waals surface area contributed by atoms with Crippen molar-refractivity contribution in [3.63, 3.8) is 0 Å². The van der Waals surface area contributed by atoms with E-state index in [9.17, 15) is 18.4 Å². The van der Waals surface area contributed by atoms with Gasteiger partial charge in [0.25, 0.3) is 5.91 Å². The van der Waals surface area contributed by atoms with Gasteiger partial charge >= 0.3 is 5.69 Å². The van der Waals surface area contributed by atoms with Crippen molar-refractivity contribution in [3.05, 3.63) is 106 Å². The van der Waals surface area contributed by atoms with Crippen molar-refractivity contribution in [2.75, 3.05) is 5.32 Å². The molecule has 0 saturated carbocycles. The van der Waals surface area contributed by atoms with E-state index in [1.807, 2.05) is 30.3 Å². The van der Waals surface area contributed by atoms with Crippen LogP contribution >= 0.6 is 0 Å². The summed E-state index contributed by atoms with van der Waals surface area (Å²) in [6.07, 6.45) is 1.69. The van der Waals surface area contributed by atoms with Crippen molar-refractivity contribution < 1.29 is 22.7 Å². The maximum Gasteiger partial charge on any atom is 0.350 e. The maximum atomic E-state index is 15.4. The van der Waals surface area contributed by atoms with Gasteiger partial charge in [-0.25, -0.2) is 18.0 Å². The van der Waals surface area contributed by atoms with Gasteiger partial charge in [0.15, 0.2) is 0 Å². The second-order valence-electron chi connectivity index (χ2n) is 8.74. The van der Waals surface area contributed by atoms with Crippen LogP contribution in [0.15, 0.2) is 65.5 Å². The van der Waals surface area contributed by atoms with Crippen LogP contribution in [0.1, 0.15) is 47.6 Å². The smallest absolute Gasteiger partial charge is 0.350 e. The summed E-state index contributed by atoms with van der Waals surface area (Å²) in [6.45, 7) is 2.22. The molecule has 3 aromatic carbocycles. The molecular formula is C27H23F3N4O3. The number of aryl methyl sites for hydroxylation is 1. The molecule has 1 aliphatic heterocycles. The molecular weight excluding hydrogens is 485 g/mol. The van der Waals surface area contributed by atoms with Gasteiger partial charge in [-0.15, -0.1) is 5.10 Å². The largest absolute Gasteiger partial charge is 0.485 e. The highest BCUT2D eigenvalue weighted by Gasteiger charge is 2.25. The lowest BCUT2D eigenvalue weighted by Gasteiger charge is -2.19. The lowest BCUT2D eigenvalue weighted by atomic mass is 10.1. The van der Waals surface area contributed by atoms with Gasteiger partial charge in [0.1, 0.15) is 46.5 Å². The molecule has 0 spiro atoms. The van der Waals surface area contributed by atoms with E-state index in [2.05, 4.69) is 10.4 Å². The van der Waals surface area contributed by atoms with Crippen molar-refractivity contribution in [2.45, 2.75) is 38.8 Å². The number of para-hydroxylation sites is 1. The van der Waals surface area contributed by atoms with Crippen LogP contribution in [0.5, 0.6) is 5.75 Å². The molecule has 2 heterocycles. The summed E-state index contributed by atoms with van der Waals surface area (Å²) in [5, 5.41) is 6.46. The molecule has 0 unspecified atom stereocenters. The predicted molar refractivity (Wildman–Crippen MR) is 131 cm³/mol. The van der Waals surface area contributed by atoms with Gasteiger partial charge in [-0.3, -0.25) is 9.36 Å². The zero-order valence-corrected chi connectivity index (χ0v) is 19.9. The molecule has 4 aromatic rings. The average molecular weight is 509 g/mol. The minimum absolute atomic E-state index is 0.0835. The molecule has 1 aliphatic rings. The molecule has 1 amide bonds. The number of nitrogens with one attached hydrogen (secondary N) is 1. The molecule has 0 bridgehead atoms. The summed E-state index contributed by atoms with van der Waals surface area (Å²) in [7, 11) is 0. The Morgan fingerprint density at radius 3 is 2.43 bits per heavy atom. The molecule has 37 heavy (non-hydrogen) atoms. The minimum Gasteiger partial charge on any atom is -0.485 e. The first kappa shape index (κ1) is 24.4. The van der Waals surface area contributed by atoms with Crippen LogP contribution in [0.25, 0.3) is 5.69 Å². The fourth-order valence-corrected chi connectivity index (χ4v) is 4.32. The SMILES string of the molecule is C[C@H](Oc1cc(-n2nc3n(c2=O)CCCC3)c(F)cc1C(=O)Nc1c(F)cccc1F)c1ccccc1. The first-order valence-corrected chi connectivity index (χ1v) is 11.8. The molecule has 0 saturated heterocycles. The Kier molecular flexibility index (Phi) is 6.56. The van der Waals surface area contributed by atoms with Gasteiger partial charge < -0.3 is 10.1 Å². The summed E-state index contributed by atoms with van der Waals surface area (Å²) in [6, 6.07) is 14.3. The minimum atomic E-state index is -0.985. The molecule has 1 N–H and O–H groups in total. The van der Waals surface area contributed by atoms with Gasteiger partial charge in [0, 0.05) is 19.0 Å². The molecule has 10 heteroatoms. The van der Waals surface area contributed by atoms with E-state index in [-0.39, 0.29) is 17.0 Å². The number of amides is 1. The van der Waals surface area contributed by atoms with E-state index in [4.69, 9.17) is 4.74 Å². The lowest BCUT2D eigenvalue weighted by molar-refractivity contribution is 0.101. The number of hydrogen-bond acceptors (Lipinski definition) is 4. The number of benzene rings is 3. The molecule has 0 radical (unpaired) electrons. The van der Waals surface area contributed by atoms with Crippen molar-refractivity contribution in [1.29, 1.82) is 0 Å². The number of rotatable bonds is 6. The van der Waals surface area contributed by atoms with Gasteiger partial charge in [0.2, 0.25) is 0 Å². The van der Waals surface area contributed by atoms with Gasteiger partial charge in [-0.05, 0) is 43.5 Å². The highest BCUT2D eigenvalue weighted by Crippen LogP contribution is 2.31. The summed E-state index contributed by atoms with van der Waals surface area (Å²) in [4.78, 5) is 26.1. The van der Waals surface area contributed by atoms with Crippen molar-refractivity contribution in [2.24, 2.45) is 0 Å². The summed E-state index contributed by atoms with van der Waals surface area (Å²) < 4.78 is 52.2. The Hall–Kier alpha value is -4.34. The molecule has 190 valence electrons. The topological polar surface area (TPSA) is 78.2 Å². The Labute approximate surface area is 210 Å². The molecule has 7 nitrogen and oxygen atoms in total. The Balaban J connectivity index is 1.59. The number of nitrogens with zero attached hydrogens (tertiary/aromatic N) is 3. The molecule has 5 rings (SSSR count). The zero-order chi connectivity index (χ0) is 26.1. The van der Waals surface area contributed by atoms with E-state index >= 15 is 4.39 Å². The monoisotopic (exact) mass is 508 g/mol. The summed E-state index contributed by atoms with van der Waals surface area (Å²) >= 11 is 0. The first-order valence-electron chi connectivity index (χ1n) is 11.8. The molecule has 0 aliphatic carbocycles. The standard InChI is InChI=1S/C27H23F3N4O3/c1-16(17-8-3-2-4-9-17)37-23-15-22(34-27(36)33-13-6-5-12-24(33)32-34)21(30)14-18(23)26(35)31-25-19(28)10-7-11-20(25)29/h2-4,7-11,14-16H,5-6,12-13H2,1H3,(H,31,35)/t16-/m0/s1. The number of fused-ring (bicyclic) bond motifs is 1. The maximum absolute atomic E-state index is 15.4. The normalized spacial score (nSPS) is 13.6. The fourth-order valence-electron chi connectivity index (χ4n) is 4.32. The first-order chi connectivity index (χ1) is 17.8. The highest BCUT2D eigenvalue weighted by atomic mass is 19.1. The highest BCUT2D eigenvalue weighted by molar-refractivity contribution is 6.06. The third-order valence-corrected chi connectivity index (χ3v) is 6.27. The van der Waals surface area contributed by atoms with Crippen LogP contribution in [-0.2, 0) is 13.0 Å². The average Bonchev–Trinajstić information content (AvgIpc) is 3.23. The number of ether oxygens (including phenoxy) is 1. The Morgan fingerprint density at radius 2 is 1.73 bits per heavy atom. The molecule has 1 atom stereocenters. The van der Waals surface area contributed by atoms with E-state index < -0.39 is 40.8 Å². The number of anilines is 1. The zero-order valence-electron chi connectivity index (χ0n) is 19.9. The second-order valence-corrected chi connectivity index (χ2v) is 8.74. The van der Waals surface area contributed by atoms with Crippen LogP contribution in [0.3, 0.4) is 0 Å². The number of halogens is 3. The van der Waals surface area contributed by atoms with Gasteiger partial charge in [0.05, 0.1) is 5.56 Å². The van der Waals surface area contributed by atoms with Gasteiger partial charge in [-0.1, -0.05) is 36.4 Å². The van der Waals surface area contributed by atoms with E-state index in [1.165, 1.54) is 10.6 Å². The molecule has 0 fully saturated rings. The Bertz CT molecular complexity index is 1510. The quantitative estimate of drug-likeness (QED) is 0.389. The second kappa shape index (κ2) is 9.96. The van der Waals surface area contributed by atoms with E-state index in [0.717, 1.165) is 47.4 Å². The van der Waals surface area contributed by atoms with Crippen molar-refractivity contribution in [3.8, 4) is 11.4 Å². The third-order valence-electron chi connectivity index (χ3n) is 6.27. The fraction of sp³-hybridized carbons (Fsp3) is 0.222. The third kappa shape index (κ3) is 4.74. The number of carbonyl (C=O) groups excluding carboxylic acids is 1. The van der Waals surface area contributed by atoms with Crippen LogP contribution in [0.4, 0.5) is 18.9 Å². The van der Waals surface area contributed by atoms with E-state index in [1.54, 1.807) is 6.92 Å². The van der Waals surface area contributed by atoms with Crippen molar-refractivity contribution in [1.82, 2.24) is 14.3 Å². The lowest BCUT2D eigenvalue weighted by Crippen LogP contribution is -2.27. The van der Waals surface area contributed by atoms with Crippen LogP contribution < -0.4 is 15.7 Å². The van der Waals surface area contributed by atoms with Crippen LogP contribution in [-0.4, -0.2) is 20.3 Å². The number of aromatic nitrogens is 3. The summed E-state index contributed by atoms with van der Waals surface area (Å²) in [5.41, 5.74) is -0.896.